The third-order valence-electron chi connectivity index (χ3n) is 3.21. The SMILES string of the molecule is Cc1cc(C(=O)NCc2cc3cc(C)[nH]c3cc2F)on1. The van der Waals surface area contributed by atoms with Gasteiger partial charge in [-0.15, -0.1) is 0 Å². The van der Waals surface area contributed by atoms with Crippen LogP contribution in [0, 0.1) is 19.7 Å². The van der Waals surface area contributed by atoms with Crippen LogP contribution in [0.25, 0.3) is 10.9 Å². The van der Waals surface area contributed by atoms with Gasteiger partial charge >= 0.3 is 0 Å². The van der Waals surface area contributed by atoms with Gasteiger partial charge in [-0.25, -0.2) is 4.39 Å². The van der Waals surface area contributed by atoms with Crippen molar-refractivity contribution in [3.63, 3.8) is 0 Å². The first-order valence-electron chi connectivity index (χ1n) is 6.52. The Morgan fingerprint density at radius 1 is 1.33 bits per heavy atom. The number of carbonyl (C=O) groups is 1. The van der Waals surface area contributed by atoms with Crippen molar-refractivity contribution in [2.45, 2.75) is 20.4 Å². The normalized spacial score (nSPS) is 11.0. The maximum Gasteiger partial charge on any atom is 0.290 e. The summed E-state index contributed by atoms with van der Waals surface area (Å²) in [5, 5.41) is 7.17. The Kier molecular flexibility index (Phi) is 3.21. The number of rotatable bonds is 3. The molecule has 1 aromatic carbocycles. The molecule has 2 N–H and O–H groups in total. The Morgan fingerprint density at radius 3 is 2.86 bits per heavy atom. The van der Waals surface area contributed by atoms with Crippen LogP contribution in [0.5, 0.6) is 0 Å². The van der Waals surface area contributed by atoms with Crippen molar-refractivity contribution < 1.29 is 13.7 Å². The smallest absolute Gasteiger partial charge is 0.290 e. The van der Waals surface area contributed by atoms with Crippen LogP contribution in [-0.4, -0.2) is 16.0 Å². The minimum absolute atomic E-state index is 0.0879. The lowest BCUT2D eigenvalue weighted by molar-refractivity contribution is 0.0913. The van der Waals surface area contributed by atoms with Crippen LogP contribution in [0.3, 0.4) is 0 Å². The average Bonchev–Trinajstić information content (AvgIpc) is 3.00. The third kappa shape index (κ3) is 2.65. The quantitative estimate of drug-likeness (QED) is 0.778. The molecule has 0 aliphatic carbocycles. The minimum atomic E-state index is -0.416. The summed E-state index contributed by atoms with van der Waals surface area (Å²) in [5.41, 5.74) is 2.75. The first-order chi connectivity index (χ1) is 10.0. The van der Waals surface area contributed by atoms with E-state index in [0.29, 0.717) is 11.3 Å². The molecule has 6 heteroatoms. The highest BCUT2D eigenvalue weighted by atomic mass is 19.1. The largest absolute Gasteiger partial charge is 0.359 e. The van der Waals surface area contributed by atoms with Crippen molar-refractivity contribution in [3.05, 3.63) is 52.8 Å². The number of benzene rings is 1. The maximum atomic E-state index is 14.0. The number of hydrogen-bond acceptors (Lipinski definition) is 3. The lowest BCUT2D eigenvalue weighted by Crippen LogP contribution is -2.22. The summed E-state index contributed by atoms with van der Waals surface area (Å²) in [4.78, 5) is 14.9. The van der Waals surface area contributed by atoms with E-state index in [-0.39, 0.29) is 18.1 Å². The van der Waals surface area contributed by atoms with Crippen LogP contribution in [0.15, 0.2) is 28.8 Å². The van der Waals surface area contributed by atoms with Gasteiger partial charge < -0.3 is 14.8 Å². The molecule has 0 unspecified atom stereocenters. The number of hydrogen-bond donors (Lipinski definition) is 2. The van der Waals surface area contributed by atoms with E-state index in [9.17, 15) is 9.18 Å². The number of aryl methyl sites for hydroxylation is 2. The summed E-state index contributed by atoms with van der Waals surface area (Å²) in [5.74, 6) is -0.662. The van der Waals surface area contributed by atoms with Crippen molar-refractivity contribution in [3.8, 4) is 0 Å². The van der Waals surface area contributed by atoms with E-state index in [4.69, 9.17) is 4.52 Å². The maximum absolute atomic E-state index is 14.0. The Labute approximate surface area is 120 Å². The van der Waals surface area contributed by atoms with Crippen LogP contribution < -0.4 is 5.32 Å². The number of aromatic amines is 1. The number of nitrogens with one attached hydrogen (secondary N) is 2. The molecule has 0 saturated carbocycles. The molecule has 1 amide bonds. The van der Waals surface area contributed by atoms with Crippen molar-refractivity contribution >= 4 is 16.8 Å². The Balaban J connectivity index is 1.78. The first-order valence-corrected chi connectivity index (χ1v) is 6.52. The molecular formula is C15H14FN3O2. The zero-order valence-corrected chi connectivity index (χ0v) is 11.7. The molecule has 3 aromatic rings. The number of nitrogens with zero attached hydrogens (tertiary/aromatic N) is 1. The topological polar surface area (TPSA) is 70.9 Å². The fraction of sp³-hybridized carbons (Fsp3) is 0.200. The number of amides is 1. The second-order valence-electron chi connectivity index (χ2n) is 5.00. The number of aromatic nitrogens is 2. The van der Waals surface area contributed by atoms with Crippen LogP contribution in [0.4, 0.5) is 4.39 Å². The average molecular weight is 287 g/mol. The summed E-state index contributed by atoms with van der Waals surface area (Å²) in [6.45, 7) is 3.72. The molecule has 108 valence electrons. The first kappa shape index (κ1) is 13.4. The van der Waals surface area contributed by atoms with Crippen LogP contribution >= 0.6 is 0 Å². The molecule has 21 heavy (non-hydrogen) atoms. The molecule has 0 fully saturated rings. The van der Waals surface area contributed by atoms with Gasteiger partial charge in [-0.2, -0.15) is 0 Å². The number of fused-ring (bicyclic) bond motifs is 1. The summed E-state index contributed by atoms with van der Waals surface area (Å²) in [6.07, 6.45) is 0. The minimum Gasteiger partial charge on any atom is -0.359 e. The molecule has 2 heterocycles. The zero-order valence-electron chi connectivity index (χ0n) is 11.7. The molecule has 2 aromatic heterocycles. The molecule has 0 radical (unpaired) electrons. The molecule has 5 nitrogen and oxygen atoms in total. The van der Waals surface area contributed by atoms with Gasteiger partial charge in [-0.05, 0) is 32.0 Å². The zero-order chi connectivity index (χ0) is 15.0. The van der Waals surface area contributed by atoms with Crippen LogP contribution in [0.1, 0.15) is 27.5 Å². The van der Waals surface area contributed by atoms with E-state index in [1.165, 1.54) is 12.1 Å². The van der Waals surface area contributed by atoms with E-state index < -0.39 is 5.91 Å². The summed E-state index contributed by atoms with van der Waals surface area (Å²) < 4.78 is 18.8. The van der Waals surface area contributed by atoms with E-state index >= 15 is 0 Å². The number of halogens is 1. The van der Waals surface area contributed by atoms with Crippen molar-refractivity contribution in [2.24, 2.45) is 0 Å². The van der Waals surface area contributed by atoms with Crippen molar-refractivity contribution in [2.75, 3.05) is 0 Å². The fourth-order valence-corrected chi connectivity index (χ4v) is 2.22. The molecule has 0 atom stereocenters. The molecule has 0 bridgehead atoms. The highest BCUT2D eigenvalue weighted by molar-refractivity contribution is 5.91. The second-order valence-corrected chi connectivity index (χ2v) is 5.00. The predicted molar refractivity (Wildman–Crippen MR) is 75.4 cm³/mol. The fourth-order valence-electron chi connectivity index (χ4n) is 2.22. The van der Waals surface area contributed by atoms with Gasteiger partial charge in [0.1, 0.15) is 5.82 Å². The van der Waals surface area contributed by atoms with Crippen molar-refractivity contribution in [1.82, 2.24) is 15.5 Å². The Hall–Kier alpha value is -2.63. The van der Waals surface area contributed by atoms with E-state index in [1.54, 1.807) is 13.0 Å². The lowest BCUT2D eigenvalue weighted by Gasteiger charge is -2.05. The number of H-pyrrole nitrogens is 1. The molecule has 0 aliphatic rings. The monoisotopic (exact) mass is 287 g/mol. The summed E-state index contributed by atoms with van der Waals surface area (Å²) >= 11 is 0. The van der Waals surface area contributed by atoms with Gasteiger partial charge in [0.25, 0.3) is 5.91 Å². The predicted octanol–water partition coefficient (Wildman–Crippen LogP) is 2.84. The Morgan fingerprint density at radius 2 is 2.14 bits per heavy atom. The van der Waals surface area contributed by atoms with Gasteiger partial charge in [-0.3, -0.25) is 4.79 Å². The molecule has 0 spiro atoms. The van der Waals surface area contributed by atoms with Gasteiger partial charge in [0.15, 0.2) is 0 Å². The Bertz CT molecular complexity index is 820. The highest BCUT2D eigenvalue weighted by Gasteiger charge is 2.13. The third-order valence-corrected chi connectivity index (χ3v) is 3.21. The van der Waals surface area contributed by atoms with Gasteiger partial charge in [0, 0.05) is 34.8 Å². The van der Waals surface area contributed by atoms with E-state index in [1.807, 2.05) is 13.0 Å². The number of carbonyl (C=O) groups excluding carboxylic acids is 1. The van der Waals surface area contributed by atoms with Gasteiger partial charge in [0.05, 0.1) is 5.69 Å². The van der Waals surface area contributed by atoms with Gasteiger partial charge in [-0.1, -0.05) is 5.16 Å². The van der Waals surface area contributed by atoms with Crippen molar-refractivity contribution in [1.29, 1.82) is 0 Å². The molecule has 0 saturated heterocycles. The molecular weight excluding hydrogens is 273 g/mol. The van der Waals surface area contributed by atoms with Crippen LogP contribution in [-0.2, 0) is 6.54 Å². The summed E-state index contributed by atoms with van der Waals surface area (Å²) in [6, 6.07) is 6.62. The standard InChI is InChI=1S/C15H14FN3O2/c1-8-3-10-5-11(12(16)6-13(10)18-8)7-17-15(20)14-4-9(2)19-21-14/h3-6,18H,7H2,1-2H3,(H,17,20). The summed E-state index contributed by atoms with van der Waals surface area (Å²) in [7, 11) is 0. The highest BCUT2D eigenvalue weighted by Crippen LogP contribution is 2.20. The van der Waals surface area contributed by atoms with E-state index in [2.05, 4.69) is 15.5 Å². The van der Waals surface area contributed by atoms with Crippen LogP contribution in [0.2, 0.25) is 0 Å². The molecule has 3 rings (SSSR count). The second kappa shape index (κ2) is 5.05. The molecule has 0 aliphatic heterocycles. The van der Waals surface area contributed by atoms with Gasteiger partial charge in [0.2, 0.25) is 5.76 Å². The van der Waals surface area contributed by atoms with E-state index in [0.717, 1.165) is 16.6 Å². The lowest BCUT2D eigenvalue weighted by atomic mass is 10.1.